The summed E-state index contributed by atoms with van der Waals surface area (Å²) < 4.78 is 23.9. The molecule has 1 aliphatic heterocycles. The summed E-state index contributed by atoms with van der Waals surface area (Å²) >= 11 is 1.27. The summed E-state index contributed by atoms with van der Waals surface area (Å²) in [6.07, 6.45) is 1.85. The Labute approximate surface area is 219 Å². The lowest BCUT2D eigenvalue weighted by molar-refractivity contribution is -0.140. The lowest BCUT2D eigenvalue weighted by Gasteiger charge is -2.26. The molecule has 194 valence electrons. The van der Waals surface area contributed by atoms with E-state index < -0.39 is 12.0 Å². The number of nitrogens with zero attached hydrogens (tertiary/aromatic N) is 2. The molecule has 4 rings (SSSR count). The maximum atomic E-state index is 13.8. The molecule has 0 saturated heterocycles. The second-order valence-corrected chi connectivity index (χ2v) is 9.70. The number of allylic oxidation sites excluding steroid dienone is 1. The second-order valence-electron chi connectivity index (χ2n) is 8.69. The predicted molar refractivity (Wildman–Crippen MR) is 142 cm³/mol. The van der Waals surface area contributed by atoms with Crippen LogP contribution < -0.4 is 24.4 Å². The van der Waals surface area contributed by atoms with Crippen molar-refractivity contribution in [1.82, 2.24) is 4.57 Å². The molecule has 37 heavy (non-hydrogen) atoms. The average Bonchev–Trinajstić information content (AvgIpc) is 3.17. The number of hydrogen-bond donors (Lipinski definition) is 0. The maximum Gasteiger partial charge on any atom is 0.338 e. The van der Waals surface area contributed by atoms with Gasteiger partial charge in [-0.3, -0.25) is 9.36 Å². The molecule has 2 aromatic carbocycles. The van der Waals surface area contributed by atoms with Gasteiger partial charge in [0.05, 0.1) is 35.6 Å². The number of fused-ring (bicyclic) bond motifs is 1. The van der Waals surface area contributed by atoms with Gasteiger partial charge in [-0.15, -0.1) is 0 Å². The largest absolute Gasteiger partial charge is 0.496 e. The Morgan fingerprint density at radius 1 is 1.14 bits per heavy atom. The number of thiazole rings is 1. The van der Waals surface area contributed by atoms with Crippen LogP contribution in [0.25, 0.3) is 6.08 Å². The molecule has 2 heterocycles. The second kappa shape index (κ2) is 11.6. The zero-order valence-electron chi connectivity index (χ0n) is 21.5. The van der Waals surface area contributed by atoms with Gasteiger partial charge in [0.25, 0.3) is 5.56 Å². The molecule has 0 bridgehead atoms. The lowest BCUT2D eigenvalue weighted by atomic mass is 9.95. The Morgan fingerprint density at radius 3 is 2.65 bits per heavy atom. The molecule has 1 aliphatic rings. The zero-order chi connectivity index (χ0) is 26.5. The molecule has 0 fully saturated rings. The normalized spacial score (nSPS) is 15.4. The molecule has 0 N–H and O–H groups in total. The van der Waals surface area contributed by atoms with Gasteiger partial charge in [0, 0.05) is 12.7 Å². The average molecular weight is 523 g/mol. The Morgan fingerprint density at radius 2 is 1.92 bits per heavy atom. The summed E-state index contributed by atoms with van der Waals surface area (Å²) in [7, 11) is 3.09. The van der Waals surface area contributed by atoms with Gasteiger partial charge in [0.2, 0.25) is 0 Å². The minimum absolute atomic E-state index is 0.0338. The molecule has 9 heteroatoms. The molecule has 0 aliphatic carbocycles. The van der Waals surface area contributed by atoms with Crippen molar-refractivity contribution in [3.05, 3.63) is 90.6 Å². The zero-order valence-corrected chi connectivity index (χ0v) is 22.3. The fraction of sp³-hybridized carbons (Fsp3) is 0.321. The van der Waals surface area contributed by atoms with E-state index in [2.05, 4.69) is 4.99 Å². The highest BCUT2D eigenvalue weighted by Crippen LogP contribution is 2.35. The van der Waals surface area contributed by atoms with Crippen molar-refractivity contribution >= 4 is 23.4 Å². The van der Waals surface area contributed by atoms with Crippen molar-refractivity contribution in [3.8, 4) is 11.5 Å². The molecule has 0 saturated carbocycles. The minimum Gasteiger partial charge on any atom is -0.496 e. The van der Waals surface area contributed by atoms with E-state index in [9.17, 15) is 9.59 Å². The number of hydrogen-bond acceptors (Lipinski definition) is 8. The predicted octanol–water partition coefficient (Wildman–Crippen LogP) is 3.22. The van der Waals surface area contributed by atoms with Crippen LogP contribution in [0.4, 0.5) is 0 Å². The van der Waals surface area contributed by atoms with Gasteiger partial charge < -0.3 is 18.9 Å². The molecule has 1 atom stereocenters. The third kappa shape index (κ3) is 5.68. The molecule has 1 unspecified atom stereocenters. The molecule has 1 aromatic heterocycles. The van der Waals surface area contributed by atoms with E-state index in [0.29, 0.717) is 26.3 Å². The fourth-order valence-electron chi connectivity index (χ4n) is 4.17. The number of ether oxygens (including phenoxy) is 4. The van der Waals surface area contributed by atoms with Crippen LogP contribution >= 0.6 is 11.3 Å². The summed E-state index contributed by atoms with van der Waals surface area (Å²) in [5.74, 6) is 0.722. The Kier molecular flexibility index (Phi) is 8.25. The van der Waals surface area contributed by atoms with Crippen molar-refractivity contribution in [2.24, 2.45) is 4.99 Å². The van der Waals surface area contributed by atoms with Crippen molar-refractivity contribution < 1.29 is 23.7 Å². The van der Waals surface area contributed by atoms with E-state index in [1.807, 2.05) is 62.4 Å². The van der Waals surface area contributed by atoms with Crippen LogP contribution in [0.2, 0.25) is 0 Å². The summed E-state index contributed by atoms with van der Waals surface area (Å²) in [6, 6.07) is 14.1. The third-order valence-electron chi connectivity index (χ3n) is 5.72. The molecule has 0 spiro atoms. The molecule has 3 aromatic rings. The first-order valence-corrected chi connectivity index (χ1v) is 12.7. The van der Waals surface area contributed by atoms with Gasteiger partial charge in [-0.25, -0.2) is 9.79 Å². The summed E-state index contributed by atoms with van der Waals surface area (Å²) in [5.41, 5.74) is 2.00. The van der Waals surface area contributed by atoms with Gasteiger partial charge in [-0.1, -0.05) is 41.7 Å². The van der Waals surface area contributed by atoms with E-state index >= 15 is 0 Å². The van der Waals surface area contributed by atoms with Crippen molar-refractivity contribution in [1.29, 1.82) is 0 Å². The molecule has 0 radical (unpaired) electrons. The Balaban J connectivity index is 1.88. The topological polar surface area (TPSA) is 88.4 Å². The number of methoxy groups -OCH3 is 2. The highest BCUT2D eigenvalue weighted by Gasteiger charge is 2.35. The lowest BCUT2D eigenvalue weighted by Crippen LogP contribution is -2.40. The number of carbonyl (C=O) groups excluding carboxylic acids is 1. The molecule has 0 amide bonds. The SMILES string of the molecule is COCCOC(=O)C1=C(C)N=c2sc(=Cc3cccc(OC(C)C)c3)c(=O)n2C1c1ccccc1OC. The summed E-state index contributed by atoms with van der Waals surface area (Å²) in [4.78, 5) is 32.2. The number of para-hydroxylation sites is 1. The van der Waals surface area contributed by atoms with Gasteiger partial charge in [0.15, 0.2) is 4.80 Å². The van der Waals surface area contributed by atoms with E-state index in [4.69, 9.17) is 18.9 Å². The van der Waals surface area contributed by atoms with Crippen LogP contribution in [0.3, 0.4) is 0 Å². The molecular formula is C28H30N2O6S. The summed E-state index contributed by atoms with van der Waals surface area (Å²) in [6.45, 7) is 6.02. The van der Waals surface area contributed by atoms with Crippen molar-refractivity contribution in [2.75, 3.05) is 27.4 Å². The Hall–Kier alpha value is -3.69. The number of rotatable bonds is 9. The summed E-state index contributed by atoms with van der Waals surface area (Å²) in [5, 5.41) is 0. The van der Waals surface area contributed by atoms with Crippen LogP contribution in [0.5, 0.6) is 11.5 Å². The first kappa shape index (κ1) is 26.4. The van der Waals surface area contributed by atoms with Crippen molar-refractivity contribution in [2.45, 2.75) is 32.9 Å². The highest BCUT2D eigenvalue weighted by atomic mass is 32.1. The molecule has 8 nitrogen and oxygen atoms in total. The van der Waals surface area contributed by atoms with E-state index in [1.54, 1.807) is 24.7 Å². The van der Waals surface area contributed by atoms with Gasteiger partial charge >= 0.3 is 5.97 Å². The van der Waals surface area contributed by atoms with Crippen LogP contribution in [0, 0.1) is 0 Å². The highest BCUT2D eigenvalue weighted by molar-refractivity contribution is 7.07. The van der Waals surface area contributed by atoms with Gasteiger partial charge in [-0.05, 0) is 50.6 Å². The minimum atomic E-state index is -0.764. The van der Waals surface area contributed by atoms with Crippen LogP contribution in [0.15, 0.2) is 69.6 Å². The third-order valence-corrected chi connectivity index (χ3v) is 6.71. The van der Waals surface area contributed by atoms with Crippen molar-refractivity contribution in [3.63, 3.8) is 0 Å². The first-order chi connectivity index (χ1) is 17.8. The van der Waals surface area contributed by atoms with E-state index in [1.165, 1.54) is 18.4 Å². The van der Waals surface area contributed by atoms with Crippen LogP contribution in [-0.4, -0.2) is 44.1 Å². The number of esters is 1. The smallest absolute Gasteiger partial charge is 0.338 e. The number of carbonyl (C=O) groups is 1. The van der Waals surface area contributed by atoms with E-state index in [-0.39, 0.29) is 30.5 Å². The van der Waals surface area contributed by atoms with E-state index in [0.717, 1.165) is 11.3 Å². The number of aromatic nitrogens is 1. The monoisotopic (exact) mass is 522 g/mol. The first-order valence-electron chi connectivity index (χ1n) is 11.9. The Bertz CT molecular complexity index is 1500. The van der Waals surface area contributed by atoms with Crippen LogP contribution in [0.1, 0.15) is 37.9 Å². The van der Waals surface area contributed by atoms with Gasteiger partial charge in [-0.2, -0.15) is 0 Å². The molecular weight excluding hydrogens is 492 g/mol. The maximum absolute atomic E-state index is 13.8. The number of benzene rings is 2. The fourth-order valence-corrected chi connectivity index (χ4v) is 5.21. The van der Waals surface area contributed by atoms with Crippen LogP contribution in [-0.2, 0) is 14.3 Å². The standard InChI is InChI=1S/C28H30N2O6S/c1-17(2)36-20-10-8-9-19(15-20)16-23-26(31)30-25(21-11-6-7-12-22(21)34-5)24(18(3)29-28(30)37-23)27(32)35-14-13-33-4/h6-12,15-17,25H,13-14H2,1-5H3. The van der Waals surface area contributed by atoms with Gasteiger partial charge in [0.1, 0.15) is 24.1 Å². The quantitative estimate of drug-likeness (QED) is 0.317.